The third kappa shape index (κ3) is 2.44. The second-order valence-electron chi connectivity index (χ2n) is 3.50. The highest BCUT2D eigenvalue weighted by Crippen LogP contribution is 2.18. The number of benzene rings is 1. The quantitative estimate of drug-likeness (QED) is 0.748. The summed E-state index contributed by atoms with van der Waals surface area (Å²) in [5.41, 5.74) is 3.36. The summed E-state index contributed by atoms with van der Waals surface area (Å²) >= 11 is 0. The molecule has 0 saturated heterocycles. The number of ether oxygens (including phenoxy) is 1. The fourth-order valence-electron chi connectivity index (χ4n) is 1.66. The molecule has 0 fully saturated rings. The Hall–Kier alpha value is -1.61. The van der Waals surface area contributed by atoms with Crippen molar-refractivity contribution in [3.63, 3.8) is 0 Å². The number of carboxylic acids is 1. The highest BCUT2D eigenvalue weighted by atomic mass is 16.5. The largest absolute Gasteiger partial charge is 0.478 e. The van der Waals surface area contributed by atoms with Crippen LogP contribution in [0.25, 0.3) is 6.08 Å². The van der Waals surface area contributed by atoms with Gasteiger partial charge in [0.25, 0.3) is 0 Å². The zero-order chi connectivity index (χ0) is 10.7. The number of hydrogen-bond donors (Lipinski definition) is 1. The van der Waals surface area contributed by atoms with Gasteiger partial charge in [0, 0.05) is 6.08 Å². The number of rotatable bonds is 2. The zero-order valence-electron chi connectivity index (χ0n) is 8.27. The number of aliphatic carboxylic acids is 1. The Labute approximate surface area is 88.0 Å². The molecule has 0 bridgehead atoms. The van der Waals surface area contributed by atoms with Crippen LogP contribution < -0.4 is 0 Å². The van der Waals surface area contributed by atoms with Gasteiger partial charge in [0.05, 0.1) is 13.2 Å². The maximum absolute atomic E-state index is 10.3. The average Bonchev–Trinajstić information content (AvgIpc) is 2.26. The summed E-state index contributed by atoms with van der Waals surface area (Å²) in [6, 6.07) is 5.96. The van der Waals surface area contributed by atoms with Crippen molar-refractivity contribution in [2.45, 2.75) is 13.0 Å². The van der Waals surface area contributed by atoms with Gasteiger partial charge in [-0.25, -0.2) is 4.79 Å². The molecule has 1 aliphatic heterocycles. The van der Waals surface area contributed by atoms with E-state index >= 15 is 0 Å². The molecule has 1 heterocycles. The van der Waals surface area contributed by atoms with E-state index in [1.807, 2.05) is 18.2 Å². The van der Waals surface area contributed by atoms with Crippen LogP contribution in [0.4, 0.5) is 0 Å². The minimum Gasteiger partial charge on any atom is -0.478 e. The third-order valence-corrected chi connectivity index (χ3v) is 2.42. The lowest BCUT2D eigenvalue weighted by molar-refractivity contribution is -0.131. The highest BCUT2D eigenvalue weighted by Gasteiger charge is 2.08. The Morgan fingerprint density at radius 3 is 3.07 bits per heavy atom. The van der Waals surface area contributed by atoms with Gasteiger partial charge in [-0.3, -0.25) is 0 Å². The van der Waals surface area contributed by atoms with Gasteiger partial charge in [-0.05, 0) is 35.3 Å². The second kappa shape index (κ2) is 4.28. The van der Waals surface area contributed by atoms with E-state index in [9.17, 15) is 4.79 Å². The van der Waals surface area contributed by atoms with Gasteiger partial charge in [-0.15, -0.1) is 0 Å². The summed E-state index contributed by atoms with van der Waals surface area (Å²) in [6.45, 7) is 1.40. The molecular formula is C12H12O3. The van der Waals surface area contributed by atoms with Crippen molar-refractivity contribution in [1.29, 1.82) is 0 Å². The van der Waals surface area contributed by atoms with Crippen LogP contribution in [0.3, 0.4) is 0 Å². The number of fused-ring (bicyclic) bond motifs is 1. The molecule has 3 heteroatoms. The first-order valence-corrected chi connectivity index (χ1v) is 4.86. The van der Waals surface area contributed by atoms with Gasteiger partial charge in [0.2, 0.25) is 0 Å². The summed E-state index contributed by atoms with van der Waals surface area (Å²) in [5, 5.41) is 8.50. The van der Waals surface area contributed by atoms with Crippen molar-refractivity contribution >= 4 is 12.0 Å². The van der Waals surface area contributed by atoms with Crippen LogP contribution in [0, 0.1) is 0 Å². The molecule has 0 spiro atoms. The molecule has 1 aliphatic rings. The first-order chi connectivity index (χ1) is 7.25. The Kier molecular flexibility index (Phi) is 2.83. The van der Waals surface area contributed by atoms with Gasteiger partial charge in [0.15, 0.2) is 0 Å². The minimum absolute atomic E-state index is 0.629. The topological polar surface area (TPSA) is 46.5 Å². The van der Waals surface area contributed by atoms with Crippen LogP contribution in [0.15, 0.2) is 24.3 Å². The van der Waals surface area contributed by atoms with E-state index < -0.39 is 5.97 Å². The van der Waals surface area contributed by atoms with Crippen molar-refractivity contribution < 1.29 is 14.6 Å². The van der Waals surface area contributed by atoms with Gasteiger partial charge in [0.1, 0.15) is 0 Å². The number of hydrogen-bond acceptors (Lipinski definition) is 2. The Bertz CT molecular complexity index is 407. The van der Waals surface area contributed by atoms with Crippen molar-refractivity contribution in [2.75, 3.05) is 6.61 Å². The summed E-state index contributed by atoms with van der Waals surface area (Å²) in [6.07, 6.45) is 3.68. The predicted octanol–water partition coefficient (Wildman–Crippen LogP) is 1.86. The molecule has 0 atom stereocenters. The molecule has 0 amide bonds. The van der Waals surface area contributed by atoms with E-state index in [0.717, 1.165) is 30.2 Å². The normalized spacial score (nSPS) is 15.2. The van der Waals surface area contributed by atoms with E-state index in [2.05, 4.69) is 0 Å². The van der Waals surface area contributed by atoms with E-state index in [1.165, 1.54) is 5.56 Å². The summed E-state index contributed by atoms with van der Waals surface area (Å²) in [7, 11) is 0. The van der Waals surface area contributed by atoms with Crippen LogP contribution in [-0.2, 0) is 22.6 Å². The molecule has 1 aromatic carbocycles. The van der Waals surface area contributed by atoms with E-state index in [0.29, 0.717) is 6.61 Å². The molecule has 0 aromatic heterocycles. The molecule has 2 rings (SSSR count). The van der Waals surface area contributed by atoms with Gasteiger partial charge in [-0.1, -0.05) is 12.1 Å². The van der Waals surface area contributed by atoms with Crippen molar-refractivity contribution in [2.24, 2.45) is 0 Å². The lowest BCUT2D eigenvalue weighted by Gasteiger charge is -2.16. The number of carbonyl (C=O) groups is 1. The van der Waals surface area contributed by atoms with E-state index in [4.69, 9.17) is 9.84 Å². The minimum atomic E-state index is -0.927. The van der Waals surface area contributed by atoms with E-state index in [1.54, 1.807) is 6.08 Å². The van der Waals surface area contributed by atoms with Crippen LogP contribution in [0.1, 0.15) is 16.7 Å². The standard InChI is InChI=1S/C12H12O3/c13-12(14)4-2-9-1-3-10-5-6-15-8-11(10)7-9/h1-4,7H,5-6,8H2,(H,13,14). The molecule has 3 nitrogen and oxygen atoms in total. The molecule has 0 unspecified atom stereocenters. The lowest BCUT2D eigenvalue weighted by atomic mass is 10.0. The van der Waals surface area contributed by atoms with E-state index in [-0.39, 0.29) is 0 Å². The van der Waals surface area contributed by atoms with Gasteiger partial charge < -0.3 is 9.84 Å². The number of carboxylic acid groups (broad SMARTS) is 1. The van der Waals surface area contributed by atoms with Crippen LogP contribution in [0.5, 0.6) is 0 Å². The van der Waals surface area contributed by atoms with Crippen LogP contribution >= 0.6 is 0 Å². The zero-order valence-corrected chi connectivity index (χ0v) is 8.27. The summed E-state index contributed by atoms with van der Waals surface area (Å²) in [4.78, 5) is 10.3. The lowest BCUT2D eigenvalue weighted by Crippen LogP contribution is -2.09. The SMILES string of the molecule is O=C(O)C=Cc1ccc2c(c1)COCC2. The van der Waals surface area contributed by atoms with Gasteiger partial charge >= 0.3 is 5.97 Å². The fourth-order valence-corrected chi connectivity index (χ4v) is 1.66. The smallest absolute Gasteiger partial charge is 0.328 e. The van der Waals surface area contributed by atoms with Crippen LogP contribution in [-0.4, -0.2) is 17.7 Å². The molecule has 0 radical (unpaired) electrons. The highest BCUT2D eigenvalue weighted by molar-refractivity contribution is 5.85. The maximum Gasteiger partial charge on any atom is 0.328 e. The third-order valence-electron chi connectivity index (χ3n) is 2.42. The maximum atomic E-state index is 10.3. The monoisotopic (exact) mass is 204 g/mol. The van der Waals surface area contributed by atoms with Crippen LogP contribution in [0.2, 0.25) is 0 Å². The molecule has 0 saturated carbocycles. The van der Waals surface area contributed by atoms with Gasteiger partial charge in [-0.2, -0.15) is 0 Å². The predicted molar refractivity (Wildman–Crippen MR) is 56.5 cm³/mol. The van der Waals surface area contributed by atoms with Crippen molar-refractivity contribution in [3.8, 4) is 0 Å². The Morgan fingerprint density at radius 2 is 2.27 bits per heavy atom. The first kappa shape index (κ1) is 9.93. The molecule has 1 aromatic rings. The summed E-state index contributed by atoms with van der Waals surface area (Å²) < 4.78 is 5.34. The Morgan fingerprint density at radius 1 is 1.40 bits per heavy atom. The fraction of sp³-hybridized carbons (Fsp3) is 0.250. The first-order valence-electron chi connectivity index (χ1n) is 4.86. The molecule has 78 valence electrons. The summed E-state index contributed by atoms with van der Waals surface area (Å²) in [5.74, 6) is -0.927. The molecule has 0 aliphatic carbocycles. The average molecular weight is 204 g/mol. The Balaban J connectivity index is 2.24. The van der Waals surface area contributed by atoms with Crippen molar-refractivity contribution in [1.82, 2.24) is 0 Å². The van der Waals surface area contributed by atoms with Crippen molar-refractivity contribution in [3.05, 3.63) is 41.0 Å². The molecule has 1 N–H and O–H groups in total. The molecule has 15 heavy (non-hydrogen) atoms. The molecular weight excluding hydrogens is 192 g/mol. The second-order valence-corrected chi connectivity index (χ2v) is 3.50.